The maximum absolute atomic E-state index is 12.1. The Balaban J connectivity index is 1.92. The third kappa shape index (κ3) is 5.10. The largest absolute Gasteiger partial charge is 0.370 e. The molecule has 0 spiro atoms. The second-order valence-corrected chi connectivity index (χ2v) is 7.18. The number of hydrogen-bond donors (Lipinski definition) is 2. The first-order valence-electron chi connectivity index (χ1n) is 7.45. The summed E-state index contributed by atoms with van der Waals surface area (Å²) < 4.78 is 24.2. The molecule has 0 aliphatic heterocycles. The molecule has 0 radical (unpaired) electrons. The number of nitrogens with one attached hydrogen (secondary N) is 1. The van der Waals surface area contributed by atoms with Gasteiger partial charge in [0.2, 0.25) is 0 Å². The van der Waals surface area contributed by atoms with Gasteiger partial charge in [0.05, 0.1) is 17.2 Å². The Labute approximate surface area is 137 Å². The van der Waals surface area contributed by atoms with Crippen LogP contribution in [-0.2, 0) is 16.3 Å². The molecular weight excluding hydrogens is 310 g/mol. The smallest absolute Gasteiger partial charge is 0.193 e. The molecule has 5 nitrogen and oxygen atoms in total. The minimum atomic E-state index is -3.33. The van der Waals surface area contributed by atoms with Crippen LogP contribution in [0.15, 0.2) is 64.5 Å². The van der Waals surface area contributed by atoms with Crippen LogP contribution in [0.1, 0.15) is 12.5 Å². The van der Waals surface area contributed by atoms with Crippen LogP contribution >= 0.6 is 0 Å². The van der Waals surface area contributed by atoms with Crippen LogP contribution in [0.4, 0.5) is 5.69 Å². The van der Waals surface area contributed by atoms with Gasteiger partial charge in [-0.1, -0.05) is 37.3 Å². The Bertz CT molecular complexity index is 754. The van der Waals surface area contributed by atoms with Crippen LogP contribution in [0.3, 0.4) is 0 Å². The summed E-state index contributed by atoms with van der Waals surface area (Å²) in [5.41, 5.74) is 7.85. The normalized spacial score (nSPS) is 12.1. The topological polar surface area (TPSA) is 84.5 Å². The summed E-state index contributed by atoms with van der Waals surface area (Å²) >= 11 is 0. The number of anilines is 1. The zero-order valence-corrected chi connectivity index (χ0v) is 13.9. The molecule has 0 amide bonds. The second-order valence-electron chi connectivity index (χ2n) is 5.07. The van der Waals surface area contributed by atoms with Gasteiger partial charge in [0.1, 0.15) is 0 Å². The van der Waals surface area contributed by atoms with Gasteiger partial charge in [-0.2, -0.15) is 0 Å². The molecule has 0 heterocycles. The average molecular weight is 331 g/mol. The van der Waals surface area contributed by atoms with Crippen molar-refractivity contribution in [2.24, 2.45) is 10.7 Å². The van der Waals surface area contributed by atoms with Crippen molar-refractivity contribution in [2.75, 3.05) is 17.6 Å². The molecule has 0 aliphatic rings. The van der Waals surface area contributed by atoms with Crippen molar-refractivity contribution in [3.8, 4) is 0 Å². The molecule has 3 N–H and O–H groups in total. The number of rotatable bonds is 6. The van der Waals surface area contributed by atoms with E-state index in [0.29, 0.717) is 4.90 Å². The molecule has 122 valence electrons. The lowest BCUT2D eigenvalue weighted by Crippen LogP contribution is -2.24. The van der Waals surface area contributed by atoms with Crippen molar-refractivity contribution >= 4 is 21.5 Å². The highest BCUT2D eigenvalue weighted by Gasteiger charge is 2.12. The van der Waals surface area contributed by atoms with E-state index in [4.69, 9.17) is 5.73 Å². The summed E-state index contributed by atoms with van der Waals surface area (Å²) in [6.45, 7) is 2.20. The van der Waals surface area contributed by atoms with Crippen molar-refractivity contribution in [1.82, 2.24) is 0 Å². The van der Waals surface area contributed by atoms with Crippen LogP contribution in [-0.4, -0.2) is 26.7 Å². The van der Waals surface area contributed by atoms with E-state index < -0.39 is 9.84 Å². The molecule has 2 aromatic rings. The Morgan fingerprint density at radius 2 is 1.74 bits per heavy atom. The molecule has 0 aliphatic carbocycles. The molecule has 0 saturated carbocycles. The standard InChI is InChI=1S/C17H21N3O2S/c1-2-14-8-10-15(11-9-14)20-17(18)19-12-13-23(21,22)16-6-4-3-5-7-16/h3-11H,2,12-13H2,1H3,(H3,18,19,20). The first kappa shape index (κ1) is 17.0. The predicted octanol–water partition coefficient (Wildman–Crippen LogP) is 2.45. The predicted molar refractivity (Wildman–Crippen MR) is 94.4 cm³/mol. The molecular formula is C17H21N3O2S. The van der Waals surface area contributed by atoms with E-state index in [0.717, 1.165) is 12.1 Å². The number of aryl methyl sites for hydroxylation is 1. The summed E-state index contributed by atoms with van der Waals surface area (Å²) in [7, 11) is -3.33. The molecule has 0 atom stereocenters. The monoisotopic (exact) mass is 331 g/mol. The Hall–Kier alpha value is -2.34. The number of benzene rings is 2. The van der Waals surface area contributed by atoms with Crippen LogP contribution in [0.2, 0.25) is 0 Å². The molecule has 23 heavy (non-hydrogen) atoms. The summed E-state index contributed by atoms with van der Waals surface area (Å²) in [5, 5.41) is 2.95. The van der Waals surface area contributed by atoms with E-state index in [1.165, 1.54) is 5.56 Å². The molecule has 6 heteroatoms. The van der Waals surface area contributed by atoms with E-state index in [9.17, 15) is 8.42 Å². The summed E-state index contributed by atoms with van der Waals surface area (Å²) in [5.74, 6) is 0.131. The third-order valence-corrected chi connectivity index (χ3v) is 5.09. The van der Waals surface area contributed by atoms with Gasteiger partial charge < -0.3 is 11.1 Å². The number of nitrogens with two attached hydrogens (primary N) is 1. The highest BCUT2D eigenvalue weighted by atomic mass is 32.2. The lowest BCUT2D eigenvalue weighted by Gasteiger charge is -2.07. The van der Waals surface area contributed by atoms with E-state index in [-0.39, 0.29) is 18.3 Å². The van der Waals surface area contributed by atoms with Gasteiger partial charge in [-0.15, -0.1) is 0 Å². The highest BCUT2D eigenvalue weighted by molar-refractivity contribution is 7.91. The maximum atomic E-state index is 12.1. The van der Waals surface area contributed by atoms with Crippen LogP contribution in [0, 0.1) is 0 Å². The van der Waals surface area contributed by atoms with E-state index in [2.05, 4.69) is 17.2 Å². The third-order valence-electron chi connectivity index (χ3n) is 3.38. The van der Waals surface area contributed by atoms with E-state index in [1.54, 1.807) is 30.3 Å². The SMILES string of the molecule is CCc1ccc(NC(N)=NCCS(=O)(=O)c2ccccc2)cc1. The lowest BCUT2D eigenvalue weighted by atomic mass is 10.1. The van der Waals surface area contributed by atoms with Crippen molar-refractivity contribution < 1.29 is 8.42 Å². The van der Waals surface area contributed by atoms with Gasteiger partial charge in [-0.3, -0.25) is 4.99 Å². The minimum absolute atomic E-state index is 0.0752. The quantitative estimate of drug-likeness (QED) is 0.629. The van der Waals surface area contributed by atoms with Crippen LogP contribution in [0.5, 0.6) is 0 Å². The summed E-state index contributed by atoms with van der Waals surface area (Å²) in [4.78, 5) is 4.38. The molecule has 0 unspecified atom stereocenters. The molecule has 2 rings (SSSR count). The number of sulfone groups is 1. The number of aliphatic imine (C=N–C) groups is 1. The minimum Gasteiger partial charge on any atom is -0.370 e. The van der Waals surface area contributed by atoms with Gasteiger partial charge in [-0.25, -0.2) is 8.42 Å². The van der Waals surface area contributed by atoms with Crippen molar-refractivity contribution in [3.63, 3.8) is 0 Å². The van der Waals surface area contributed by atoms with Gasteiger partial charge in [0.15, 0.2) is 15.8 Å². The van der Waals surface area contributed by atoms with Crippen molar-refractivity contribution in [3.05, 3.63) is 60.2 Å². The number of guanidine groups is 1. The van der Waals surface area contributed by atoms with Crippen LogP contribution < -0.4 is 11.1 Å². The van der Waals surface area contributed by atoms with Gasteiger partial charge in [-0.05, 0) is 36.2 Å². The van der Waals surface area contributed by atoms with E-state index >= 15 is 0 Å². The molecule has 2 aromatic carbocycles. The number of nitrogens with zero attached hydrogens (tertiary/aromatic N) is 1. The fourth-order valence-corrected chi connectivity index (χ4v) is 3.18. The van der Waals surface area contributed by atoms with E-state index in [1.807, 2.05) is 24.3 Å². The lowest BCUT2D eigenvalue weighted by molar-refractivity contribution is 0.596. The zero-order valence-electron chi connectivity index (χ0n) is 13.1. The fourth-order valence-electron chi connectivity index (χ4n) is 2.04. The average Bonchev–Trinajstić information content (AvgIpc) is 2.56. The highest BCUT2D eigenvalue weighted by Crippen LogP contribution is 2.11. The fraction of sp³-hybridized carbons (Fsp3) is 0.235. The molecule has 0 bridgehead atoms. The molecule has 0 fully saturated rings. The second kappa shape index (κ2) is 7.78. The van der Waals surface area contributed by atoms with Crippen LogP contribution in [0.25, 0.3) is 0 Å². The maximum Gasteiger partial charge on any atom is 0.193 e. The zero-order chi connectivity index (χ0) is 16.7. The first-order chi connectivity index (χ1) is 11.0. The van der Waals surface area contributed by atoms with Gasteiger partial charge in [0.25, 0.3) is 0 Å². The Morgan fingerprint density at radius 1 is 1.09 bits per heavy atom. The van der Waals surface area contributed by atoms with Gasteiger partial charge in [0, 0.05) is 5.69 Å². The summed E-state index contributed by atoms with van der Waals surface area (Å²) in [6.07, 6.45) is 0.973. The van der Waals surface area contributed by atoms with Crippen molar-refractivity contribution in [2.45, 2.75) is 18.2 Å². The first-order valence-corrected chi connectivity index (χ1v) is 9.10. The summed E-state index contributed by atoms with van der Waals surface area (Å²) in [6, 6.07) is 16.2. The molecule has 0 aromatic heterocycles. The molecule has 0 saturated heterocycles. The Morgan fingerprint density at radius 3 is 2.35 bits per heavy atom. The van der Waals surface area contributed by atoms with Crippen molar-refractivity contribution in [1.29, 1.82) is 0 Å². The number of hydrogen-bond acceptors (Lipinski definition) is 3. The van der Waals surface area contributed by atoms with Gasteiger partial charge >= 0.3 is 0 Å². The Kier molecular flexibility index (Phi) is 5.76.